The Morgan fingerprint density at radius 1 is 0.966 bits per heavy atom. The van der Waals surface area contributed by atoms with Crippen molar-refractivity contribution in [2.24, 2.45) is 0 Å². The van der Waals surface area contributed by atoms with Gasteiger partial charge in [-0.3, -0.25) is 0 Å². The zero-order valence-electron chi connectivity index (χ0n) is 16.2. The van der Waals surface area contributed by atoms with Gasteiger partial charge in [0, 0.05) is 37.9 Å². The first-order valence-corrected chi connectivity index (χ1v) is 9.53. The van der Waals surface area contributed by atoms with Crippen LogP contribution in [-0.4, -0.2) is 63.4 Å². The lowest BCUT2D eigenvalue weighted by atomic mass is 10.1. The Morgan fingerprint density at radius 3 is 2.45 bits per heavy atom. The van der Waals surface area contributed by atoms with Crippen LogP contribution in [0.4, 0.5) is 16.2 Å². The monoisotopic (exact) mass is 397 g/mol. The molecule has 0 aromatic heterocycles. The molecule has 4 rings (SSSR count). The fraction of sp³-hybridized carbons (Fsp3) is 0.333. The number of piperazine rings is 1. The molecule has 1 saturated heterocycles. The molecule has 152 valence electrons. The van der Waals surface area contributed by atoms with Gasteiger partial charge in [0.05, 0.1) is 18.4 Å². The predicted molar refractivity (Wildman–Crippen MR) is 108 cm³/mol. The number of hydrogen-bond acceptors (Lipinski definition) is 6. The second kappa shape index (κ2) is 8.30. The summed E-state index contributed by atoms with van der Waals surface area (Å²) in [6.07, 6.45) is 0. The van der Waals surface area contributed by atoms with E-state index in [0.717, 1.165) is 5.69 Å². The van der Waals surface area contributed by atoms with E-state index in [4.69, 9.17) is 14.2 Å². The average Bonchev–Trinajstić information content (AvgIpc) is 2.78. The number of nitrogens with one attached hydrogen (secondary N) is 1. The van der Waals surface area contributed by atoms with Gasteiger partial charge in [0.25, 0.3) is 0 Å². The first-order valence-electron chi connectivity index (χ1n) is 9.53. The minimum Gasteiger partial charge on any atom is -0.486 e. The summed E-state index contributed by atoms with van der Waals surface area (Å²) < 4.78 is 15.9. The number of benzene rings is 2. The normalized spacial score (nSPS) is 15.6. The lowest BCUT2D eigenvalue weighted by Crippen LogP contribution is -2.50. The summed E-state index contributed by atoms with van der Waals surface area (Å²) in [5.41, 5.74) is 2.02. The van der Waals surface area contributed by atoms with Gasteiger partial charge in [-0.2, -0.15) is 0 Å². The molecule has 2 aliphatic heterocycles. The van der Waals surface area contributed by atoms with Crippen molar-refractivity contribution in [3.05, 3.63) is 48.0 Å². The maximum absolute atomic E-state index is 12.7. The highest BCUT2D eigenvalue weighted by Gasteiger charge is 2.24. The fourth-order valence-electron chi connectivity index (χ4n) is 3.51. The molecular weight excluding hydrogens is 374 g/mol. The number of amides is 2. The summed E-state index contributed by atoms with van der Waals surface area (Å²) in [7, 11) is 1.37. The van der Waals surface area contributed by atoms with E-state index in [9.17, 15) is 9.59 Å². The topological polar surface area (TPSA) is 80.3 Å². The number of hydrogen-bond donors (Lipinski definition) is 1. The van der Waals surface area contributed by atoms with Crippen molar-refractivity contribution in [3.63, 3.8) is 0 Å². The van der Waals surface area contributed by atoms with Gasteiger partial charge in [-0.15, -0.1) is 0 Å². The first-order chi connectivity index (χ1) is 14.2. The van der Waals surface area contributed by atoms with E-state index in [1.807, 2.05) is 18.2 Å². The van der Waals surface area contributed by atoms with Crippen molar-refractivity contribution < 1.29 is 23.8 Å². The fourth-order valence-corrected chi connectivity index (χ4v) is 3.51. The van der Waals surface area contributed by atoms with E-state index in [0.29, 0.717) is 62.1 Å². The maximum atomic E-state index is 12.7. The highest BCUT2D eigenvalue weighted by Crippen LogP contribution is 2.32. The van der Waals surface area contributed by atoms with Crippen LogP contribution in [0.1, 0.15) is 10.4 Å². The molecule has 1 N–H and O–H groups in total. The molecule has 2 aliphatic rings. The quantitative estimate of drug-likeness (QED) is 0.802. The van der Waals surface area contributed by atoms with E-state index in [1.54, 1.807) is 29.2 Å². The number of methoxy groups -OCH3 is 1. The molecule has 2 aromatic rings. The largest absolute Gasteiger partial charge is 0.486 e. The third-order valence-corrected chi connectivity index (χ3v) is 5.01. The van der Waals surface area contributed by atoms with Gasteiger partial charge in [0.2, 0.25) is 0 Å². The third-order valence-electron chi connectivity index (χ3n) is 5.01. The smallest absolute Gasteiger partial charge is 0.339 e. The number of rotatable bonds is 3. The van der Waals surface area contributed by atoms with E-state index < -0.39 is 0 Å². The third kappa shape index (κ3) is 4.06. The van der Waals surface area contributed by atoms with Gasteiger partial charge in [-0.25, -0.2) is 9.59 Å². The summed E-state index contributed by atoms with van der Waals surface area (Å²) in [6.45, 7) is 3.38. The van der Waals surface area contributed by atoms with Crippen molar-refractivity contribution in [1.29, 1.82) is 0 Å². The molecule has 29 heavy (non-hydrogen) atoms. The number of anilines is 2. The Labute approximate surface area is 168 Å². The minimum absolute atomic E-state index is 0.164. The summed E-state index contributed by atoms with van der Waals surface area (Å²) >= 11 is 0. The van der Waals surface area contributed by atoms with Crippen molar-refractivity contribution >= 4 is 23.4 Å². The first kappa shape index (κ1) is 18.9. The standard InChI is InChI=1S/C21H23N3O5/c1-27-20(25)16-4-2-3-5-17(16)23-8-10-24(11-9-23)21(26)22-15-6-7-18-19(14-15)29-13-12-28-18/h2-7,14H,8-13H2,1H3,(H,22,26). The SMILES string of the molecule is COC(=O)c1ccccc1N1CCN(C(=O)Nc2ccc3c(c2)OCCO3)CC1. The molecule has 0 atom stereocenters. The minimum atomic E-state index is -0.362. The number of esters is 1. The molecule has 8 nitrogen and oxygen atoms in total. The number of carbonyl (C=O) groups is 2. The second-order valence-electron chi connectivity index (χ2n) is 6.77. The zero-order chi connectivity index (χ0) is 20.2. The molecule has 0 aliphatic carbocycles. The van der Waals surface area contributed by atoms with Crippen LogP contribution in [0.2, 0.25) is 0 Å². The van der Waals surface area contributed by atoms with Gasteiger partial charge in [0.15, 0.2) is 11.5 Å². The summed E-state index contributed by atoms with van der Waals surface area (Å²) in [5, 5.41) is 2.91. The van der Waals surface area contributed by atoms with Gasteiger partial charge >= 0.3 is 12.0 Å². The lowest BCUT2D eigenvalue weighted by molar-refractivity contribution is 0.0601. The van der Waals surface area contributed by atoms with E-state index >= 15 is 0 Å². The van der Waals surface area contributed by atoms with Crippen LogP contribution in [-0.2, 0) is 4.74 Å². The predicted octanol–water partition coefficient (Wildman–Crippen LogP) is 2.60. The Hall–Kier alpha value is -3.42. The Bertz CT molecular complexity index is 909. The molecule has 0 unspecified atom stereocenters. The molecule has 0 saturated carbocycles. The molecular formula is C21H23N3O5. The van der Waals surface area contributed by atoms with E-state index in [1.165, 1.54) is 7.11 Å². The highest BCUT2D eigenvalue weighted by molar-refractivity contribution is 5.96. The second-order valence-corrected chi connectivity index (χ2v) is 6.77. The van der Waals surface area contributed by atoms with Crippen LogP contribution in [0.15, 0.2) is 42.5 Å². The van der Waals surface area contributed by atoms with Gasteiger partial charge in [0.1, 0.15) is 13.2 Å². The summed E-state index contributed by atoms with van der Waals surface area (Å²) in [4.78, 5) is 28.5. The van der Waals surface area contributed by atoms with Crippen molar-refractivity contribution in [2.45, 2.75) is 0 Å². The molecule has 1 fully saturated rings. The highest BCUT2D eigenvalue weighted by atomic mass is 16.6. The van der Waals surface area contributed by atoms with E-state index in [-0.39, 0.29) is 12.0 Å². The van der Waals surface area contributed by atoms with Crippen LogP contribution < -0.4 is 19.7 Å². The molecule has 0 bridgehead atoms. The molecule has 0 radical (unpaired) electrons. The molecule has 0 spiro atoms. The molecule has 2 heterocycles. The van der Waals surface area contributed by atoms with Crippen LogP contribution in [0.25, 0.3) is 0 Å². The van der Waals surface area contributed by atoms with Gasteiger partial charge in [-0.1, -0.05) is 12.1 Å². The van der Waals surface area contributed by atoms with Crippen LogP contribution in [0.5, 0.6) is 11.5 Å². The number of fused-ring (bicyclic) bond motifs is 1. The zero-order valence-corrected chi connectivity index (χ0v) is 16.2. The van der Waals surface area contributed by atoms with Crippen molar-refractivity contribution in [1.82, 2.24) is 4.90 Å². The van der Waals surface area contributed by atoms with Crippen molar-refractivity contribution in [2.75, 3.05) is 56.7 Å². The van der Waals surface area contributed by atoms with Gasteiger partial charge in [-0.05, 0) is 24.3 Å². The Kier molecular flexibility index (Phi) is 5.41. The van der Waals surface area contributed by atoms with Crippen LogP contribution in [0, 0.1) is 0 Å². The number of urea groups is 1. The van der Waals surface area contributed by atoms with Crippen molar-refractivity contribution in [3.8, 4) is 11.5 Å². The van der Waals surface area contributed by atoms with Crippen LogP contribution in [0.3, 0.4) is 0 Å². The van der Waals surface area contributed by atoms with E-state index in [2.05, 4.69) is 10.2 Å². The number of para-hydroxylation sites is 1. The molecule has 8 heteroatoms. The number of carbonyl (C=O) groups excluding carboxylic acids is 2. The summed E-state index contributed by atoms with van der Waals surface area (Å²) in [6, 6.07) is 12.6. The summed E-state index contributed by atoms with van der Waals surface area (Å²) in [5.74, 6) is 0.963. The Morgan fingerprint density at radius 2 is 1.69 bits per heavy atom. The van der Waals surface area contributed by atoms with Crippen LogP contribution >= 0.6 is 0 Å². The number of ether oxygens (including phenoxy) is 3. The van der Waals surface area contributed by atoms with Gasteiger partial charge < -0.3 is 29.3 Å². The Balaban J connectivity index is 1.37. The average molecular weight is 397 g/mol. The maximum Gasteiger partial charge on any atom is 0.339 e. The lowest BCUT2D eigenvalue weighted by Gasteiger charge is -2.36. The molecule has 2 aromatic carbocycles. The number of nitrogens with zero attached hydrogens (tertiary/aromatic N) is 2. The molecule has 2 amide bonds.